The van der Waals surface area contributed by atoms with Crippen molar-refractivity contribution < 1.29 is 4.79 Å². The van der Waals surface area contributed by atoms with E-state index in [1.54, 1.807) is 30.7 Å². The molecule has 0 aliphatic heterocycles. The first-order valence-corrected chi connectivity index (χ1v) is 10.6. The van der Waals surface area contributed by atoms with E-state index in [2.05, 4.69) is 39.4 Å². The number of hydrogen-bond donors (Lipinski definition) is 2. The van der Waals surface area contributed by atoms with E-state index >= 15 is 0 Å². The van der Waals surface area contributed by atoms with E-state index < -0.39 is 0 Å². The number of pyridine rings is 1. The number of carbonyl (C=O) groups excluding carboxylic acids is 1. The number of nitrogens with zero attached hydrogens (tertiary/aromatic N) is 3. The Morgan fingerprint density at radius 1 is 0.938 bits per heavy atom. The SMILES string of the molecule is CCC.Cc1ccc(C(=O)Nc2ccccc2)cc1Nc1nccc(-c2cccnc2)n1. The van der Waals surface area contributed by atoms with Crippen molar-refractivity contribution in [2.45, 2.75) is 27.2 Å². The van der Waals surface area contributed by atoms with Gasteiger partial charge in [0.15, 0.2) is 0 Å². The molecule has 0 unspecified atom stereocenters. The van der Waals surface area contributed by atoms with Crippen molar-refractivity contribution >= 4 is 23.2 Å². The first kappa shape index (κ1) is 22.6. The summed E-state index contributed by atoms with van der Waals surface area (Å²) in [7, 11) is 0. The van der Waals surface area contributed by atoms with Crippen molar-refractivity contribution in [3.63, 3.8) is 0 Å². The molecule has 32 heavy (non-hydrogen) atoms. The number of para-hydroxylation sites is 1. The van der Waals surface area contributed by atoms with Gasteiger partial charge in [0.05, 0.1) is 5.69 Å². The molecular formula is C26H27N5O. The molecule has 1 amide bonds. The van der Waals surface area contributed by atoms with Crippen LogP contribution < -0.4 is 10.6 Å². The van der Waals surface area contributed by atoms with Gasteiger partial charge in [-0.1, -0.05) is 44.5 Å². The second-order valence-corrected chi connectivity index (χ2v) is 7.19. The van der Waals surface area contributed by atoms with Gasteiger partial charge >= 0.3 is 0 Å². The molecule has 0 saturated heterocycles. The Kier molecular flexibility index (Phi) is 8.03. The summed E-state index contributed by atoms with van der Waals surface area (Å²) in [6.45, 7) is 6.21. The van der Waals surface area contributed by atoms with Crippen molar-refractivity contribution in [3.05, 3.63) is 96.4 Å². The third-order valence-electron chi connectivity index (χ3n) is 4.39. The average molecular weight is 426 g/mol. The molecule has 162 valence electrons. The molecule has 0 bridgehead atoms. The van der Waals surface area contributed by atoms with Crippen molar-refractivity contribution in [2.24, 2.45) is 0 Å². The van der Waals surface area contributed by atoms with Crippen LogP contribution in [-0.4, -0.2) is 20.9 Å². The van der Waals surface area contributed by atoms with Gasteiger partial charge in [-0.25, -0.2) is 9.97 Å². The van der Waals surface area contributed by atoms with Crippen molar-refractivity contribution in [3.8, 4) is 11.3 Å². The summed E-state index contributed by atoms with van der Waals surface area (Å²) in [5, 5.41) is 6.11. The van der Waals surface area contributed by atoms with Crippen molar-refractivity contribution in [1.29, 1.82) is 0 Å². The topological polar surface area (TPSA) is 79.8 Å². The Hall–Kier alpha value is -4.06. The maximum Gasteiger partial charge on any atom is 0.255 e. The van der Waals surface area contributed by atoms with E-state index in [9.17, 15) is 4.79 Å². The molecule has 0 aliphatic rings. The second kappa shape index (κ2) is 11.4. The van der Waals surface area contributed by atoms with E-state index in [1.165, 1.54) is 6.42 Å². The van der Waals surface area contributed by atoms with Gasteiger partial charge in [0.25, 0.3) is 5.91 Å². The van der Waals surface area contributed by atoms with Gasteiger partial charge in [0.1, 0.15) is 0 Å². The predicted molar refractivity (Wildman–Crippen MR) is 130 cm³/mol. The zero-order valence-electron chi connectivity index (χ0n) is 18.5. The van der Waals surface area contributed by atoms with Crippen LogP contribution in [0.5, 0.6) is 0 Å². The number of rotatable bonds is 5. The Labute approximate surface area is 188 Å². The number of hydrogen-bond acceptors (Lipinski definition) is 5. The summed E-state index contributed by atoms with van der Waals surface area (Å²) in [5.41, 5.74) is 4.73. The Bertz CT molecular complexity index is 1150. The summed E-state index contributed by atoms with van der Waals surface area (Å²) < 4.78 is 0. The molecule has 0 radical (unpaired) electrons. The highest BCUT2D eigenvalue weighted by molar-refractivity contribution is 6.05. The van der Waals surface area contributed by atoms with Crippen molar-refractivity contribution in [2.75, 3.05) is 10.6 Å². The maximum atomic E-state index is 12.6. The normalized spacial score (nSPS) is 9.97. The van der Waals surface area contributed by atoms with E-state index in [0.29, 0.717) is 11.5 Å². The van der Waals surface area contributed by atoms with Crippen LogP contribution in [0.15, 0.2) is 85.3 Å². The Morgan fingerprint density at radius 3 is 2.44 bits per heavy atom. The number of amides is 1. The van der Waals surface area contributed by atoms with Gasteiger partial charge in [0, 0.05) is 41.1 Å². The van der Waals surface area contributed by atoms with Gasteiger partial charge in [-0.2, -0.15) is 0 Å². The fraction of sp³-hybridized carbons (Fsp3) is 0.154. The fourth-order valence-corrected chi connectivity index (χ4v) is 2.84. The molecule has 4 rings (SSSR count). The van der Waals surface area contributed by atoms with E-state index in [1.807, 2.05) is 61.5 Å². The third-order valence-corrected chi connectivity index (χ3v) is 4.39. The lowest BCUT2D eigenvalue weighted by atomic mass is 10.1. The first-order chi connectivity index (χ1) is 15.6. The maximum absolute atomic E-state index is 12.6. The van der Waals surface area contributed by atoms with Crippen LogP contribution in [0.2, 0.25) is 0 Å². The molecule has 0 atom stereocenters. The zero-order valence-corrected chi connectivity index (χ0v) is 18.5. The molecule has 6 heteroatoms. The standard InChI is InChI=1S/C23H19N5O.C3H8/c1-16-9-10-17(22(29)26-19-7-3-2-4-8-19)14-21(16)28-23-25-13-11-20(27-23)18-6-5-12-24-15-18;1-3-2/h2-15H,1H3,(H,26,29)(H,25,27,28);3H2,1-2H3. The largest absolute Gasteiger partial charge is 0.324 e. The van der Waals surface area contributed by atoms with Crippen LogP contribution >= 0.6 is 0 Å². The van der Waals surface area contributed by atoms with Gasteiger partial charge in [-0.3, -0.25) is 9.78 Å². The summed E-state index contributed by atoms with van der Waals surface area (Å²) >= 11 is 0. The molecule has 6 nitrogen and oxygen atoms in total. The quantitative estimate of drug-likeness (QED) is 0.394. The number of aromatic nitrogens is 3. The number of carbonyl (C=O) groups is 1. The zero-order chi connectivity index (χ0) is 22.8. The fourth-order valence-electron chi connectivity index (χ4n) is 2.84. The van der Waals surface area contributed by atoms with Gasteiger partial charge in [-0.15, -0.1) is 0 Å². The molecule has 0 spiro atoms. The number of benzene rings is 2. The van der Waals surface area contributed by atoms with Gasteiger partial charge in [-0.05, 0) is 55.0 Å². The third kappa shape index (κ3) is 6.22. The number of anilines is 3. The molecule has 0 aliphatic carbocycles. The van der Waals surface area contributed by atoms with Crippen LogP contribution in [0.4, 0.5) is 17.3 Å². The molecule has 2 aromatic heterocycles. The molecule has 2 aromatic carbocycles. The van der Waals surface area contributed by atoms with Crippen LogP contribution in [0.3, 0.4) is 0 Å². The highest BCUT2D eigenvalue weighted by atomic mass is 16.1. The Morgan fingerprint density at radius 2 is 1.72 bits per heavy atom. The first-order valence-electron chi connectivity index (χ1n) is 10.6. The molecule has 0 fully saturated rings. The van der Waals surface area contributed by atoms with Crippen LogP contribution in [-0.2, 0) is 0 Å². The van der Waals surface area contributed by atoms with Gasteiger partial charge < -0.3 is 10.6 Å². The Balaban J connectivity index is 0.000000913. The minimum absolute atomic E-state index is 0.177. The molecule has 2 heterocycles. The lowest BCUT2D eigenvalue weighted by Crippen LogP contribution is -2.12. The summed E-state index contributed by atoms with van der Waals surface area (Å²) in [5.74, 6) is 0.277. The number of nitrogens with one attached hydrogen (secondary N) is 2. The average Bonchev–Trinajstić information content (AvgIpc) is 2.82. The predicted octanol–water partition coefficient (Wildman–Crippen LogP) is 6.26. The lowest BCUT2D eigenvalue weighted by Gasteiger charge is -2.11. The summed E-state index contributed by atoms with van der Waals surface area (Å²) in [4.78, 5) is 25.6. The minimum Gasteiger partial charge on any atom is -0.324 e. The van der Waals surface area contributed by atoms with E-state index in [0.717, 1.165) is 28.2 Å². The lowest BCUT2D eigenvalue weighted by molar-refractivity contribution is 0.102. The van der Waals surface area contributed by atoms with Crippen LogP contribution in [0.1, 0.15) is 36.2 Å². The molecule has 4 aromatic rings. The van der Waals surface area contributed by atoms with Crippen LogP contribution in [0, 0.1) is 6.92 Å². The highest BCUT2D eigenvalue weighted by Gasteiger charge is 2.10. The second-order valence-electron chi connectivity index (χ2n) is 7.19. The molecular weight excluding hydrogens is 398 g/mol. The smallest absolute Gasteiger partial charge is 0.255 e. The van der Waals surface area contributed by atoms with Crippen LogP contribution in [0.25, 0.3) is 11.3 Å². The van der Waals surface area contributed by atoms with Crippen molar-refractivity contribution in [1.82, 2.24) is 15.0 Å². The molecule has 2 N–H and O–H groups in total. The van der Waals surface area contributed by atoms with E-state index in [4.69, 9.17) is 0 Å². The summed E-state index contributed by atoms with van der Waals surface area (Å²) in [6.07, 6.45) is 6.42. The van der Waals surface area contributed by atoms with Gasteiger partial charge in [0.2, 0.25) is 5.95 Å². The monoisotopic (exact) mass is 425 g/mol. The van der Waals surface area contributed by atoms with E-state index in [-0.39, 0.29) is 5.91 Å². The summed E-state index contributed by atoms with van der Waals surface area (Å²) in [6, 6.07) is 20.5. The number of aryl methyl sites for hydroxylation is 1. The molecule has 0 saturated carbocycles. The highest BCUT2D eigenvalue weighted by Crippen LogP contribution is 2.23. The minimum atomic E-state index is -0.177.